The monoisotopic (exact) mass is 236 g/mol. The van der Waals surface area contributed by atoms with Crippen LogP contribution in [-0.2, 0) is 19.3 Å². The first kappa shape index (κ1) is 9.48. The summed E-state index contributed by atoms with van der Waals surface area (Å²) in [4.78, 5) is 12.1. The van der Waals surface area contributed by atoms with Gasteiger partial charge in [-0.05, 0) is 26.7 Å². The average molecular weight is 236 g/mol. The number of rotatable bonds is 0. The molecule has 3 rings (SSSR count). The molecule has 15 heavy (non-hydrogen) atoms. The van der Waals surface area contributed by atoms with Crippen LogP contribution in [0.5, 0.6) is 0 Å². The van der Waals surface area contributed by atoms with Crippen LogP contribution in [0.2, 0.25) is 0 Å². The fourth-order valence-electron chi connectivity index (χ4n) is 2.08. The van der Waals surface area contributed by atoms with E-state index >= 15 is 0 Å². The molecular weight excluding hydrogens is 224 g/mol. The van der Waals surface area contributed by atoms with Crippen LogP contribution in [0.25, 0.3) is 0 Å². The first-order valence-electron chi connectivity index (χ1n) is 5.13. The third-order valence-corrected chi connectivity index (χ3v) is 4.83. The minimum atomic E-state index is 0.944. The highest BCUT2D eigenvalue weighted by Gasteiger charge is 2.19. The second kappa shape index (κ2) is 3.39. The standard InChI is InChI=1S/C11H12N2S2/c1-6-12-8-5-9-11(15-7(2)13-9)4-3-10(8)14-6/h3-5H2,1-2H3. The van der Waals surface area contributed by atoms with Gasteiger partial charge in [-0.15, -0.1) is 22.7 Å². The predicted molar refractivity (Wildman–Crippen MR) is 63.9 cm³/mol. The Balaban J connectivity index is 2.07. The summed E-state index contributed by atoms with van der Waals surface area (Å²) >= 11 is 3.69. The van der Waals surface area contributed by atoms with Crippen molar-refractivity contribution in [2.24, 2.45) is 0 Å². The van der Waals surface area contributed by atoms with Crippen molar-refractivity contribution < 1.29 is 0 Å². The molecule has 2 nitrogen and oxygen atoms in total. The molecule has 0 fully saturated rings. The molecule has 2 aromatic rings. The van der Waals surface area contributed by atoms with Crippen LogP contribution in [0.3, 0.4) is 0 Å². The van der Waals surface area contributed by atoms with Crippen molar-refractivity contribution in [2.75, 3.05) is 0 Å². The Bertz CT molecular complexity index is 464. The topological polar surface area (TPSA) is 25.8 Å². The Morgan fingerprint density at radius 1 is 0.867 bits per heavy atom. The highest BCUT2D eigenvalue weighted by molar-refractivity contribution is 7.12. The summed E-state index contributed by atoms with van der Waals surface area (Å²) < 4.78 is 0. The van der Waals surface area contributed by atoms with Gasteiger partial charge in [0.25, 0.3) is 0 Å². The third-order valence-electron chi connectivity index (χ3n) is 2.68. The molecule has 2 heterocycles. The van der Waals surface area contributed by atoms with Gasteiger partial charge in [-0.3, -0.25) is 0 Å². The first-order valence-corrected chi connectivity index (χ1v) is 6.76. The summed E-state index contributed by atoms with van der Waals surface area (Å²) in [5.74, 6) is 0. The van der Waals surface area contributed by atoms with Crippen LogP contribution in [0, 0.1) is 13.8 Å². The maximum Gasteiger partial charge on any atom is 0.0900 e. The Morgan fingerprint density at radius 3 is 1.80 bits per heavy atom. The maximum atomic E-state index is 4.60. The van der Waals surface area contributed by atoms with Gasteiger partial charge >= 0.3 is 0 Å². The van der Waals surface area contributed by atoms with E-state index in [2.05, 4.69) is 23.8 Å². The molecule has 4 heteroatoms. The summed E-state index contributed by atoms with van der Waals surface area (Å²) in [5.41, 5.74) is 2.53. The van der Waals surface area contributed by atoms with Crippen LogP contribution in [0.1, 0.15) is 31.2 Å². The number of nitrogens with zero attached hydrogens (tertiary/aromatic N) is 2. The second-order valence-electron chi connectivity index (χ2n) is 3.88. The van der Waals surface area contributed by atoms with Crippen molar-refractivity contribution in [3.8, 4) is 0 Å². The van der Waals surface area contributed by atoms with Gasteiger partial charge in [0.15, 0.2) is 0 Å². The molecule has 0 radical (unpaired) electrons. The van der Waals surface area contributed by atoms with E-state index in [9.17, 15) is 0 Å². The fraction of sp³-hybridized carbons (Fsp3) is 0.455. The van der Waals surface area contributed by atoms with Crippen LogP contribution in [0.15, 0.2) is 0 Å². The number of fused-ring (bicyclic) bond motifs is 2. The summed E-state index contributed by atoms with van der Waals surface area (Å²) in [7, 11) is 0. The van der Waals surface area contributed by atoms with E-state index in [1.165, 1.54) is 31.2 Å². The van der Waals surface area contributed by atoms with Gasteiger partial charge < -0.3 is 0 Å². The van der Waals surface area contributed by atoms with Crippen LogP contribution in [0.4, 0.5) is 0 Å². The van der Waals surface area contributed by atoms with Gasteiger partial charge in [0.05, 0.1) is 21.4 Å². The Hall–Kier alpha value is -0.740. The van der Waals surface area contributed by atoms with E-state index in [-0.39, 0.29) is 0 Å². The Morgan fingerprint density at radius 2 is 1.33 bits per heavy atom. The molecule has 0 bridgehead atoms. The molecular formula is C11H12N2S2. The zero-order chi connectivity index (χ0) is 10.4. The van der Waals surface area contributed by atoms with E-state index in [0.717, 1.165) is 19.3 Å². The molecule has 1 aliphatic rings. The van der Waals surface area contributed by atoms with Gasteiger partial charge in [0.1, 0.15) is 0 Å². The van der Waals surface area contributed by atoms with Crippen molar-refractivity contribution in [1.29, 1.82) is 0 Å². The molecule has 1 aliphatic carbocycles. The molecule has 2 aromatic heterocycles. The van der Waals surface area contributed by atoms with Crippen molar-refractivity contribution in [3.05, 3.63) is 31.2 Å². The molecule has 0 atom stereocenters. The highest BCUT2D eigenvalue weighted by Crippen LogP contribution is 2.30. The van der Waals surface area contributed by atoms with Gasteiger partial charge in [-0.25, -0.2) is 9.97 Å². The van der Waals surface area contributed by atoms with Gasteiger partial charge in [0, 0.05) is 16.2 Å². The molecule has 0 aliphatic heterocycles. The summed E-state index contributed by atoms with van der Waals surface area (Å²) in [5, 5.41) is 2.38. The summed E-state index contributed by atoms with van der Waals surface area (Å²) in [6.45, 7) is 4.18. The summed E-state index contributed by atoms with van der Waals surface area (Å²) in [6, 6.07) is 0. The van der Waals surface area contributed by atoms with E-state index < -0.39 is 0 Å². The molecule has 78 valence electrons. The van der Waals surface area contributed by atoms with Crippen LogP contribution < -0.4 is 0 Å². The molecule has 0 aromatic carbocycles. The minimum Gasteiger partial charge on any atom is -0.246 e. The third kappa shape index (κ3) is 1.62. The second-order valence-corrected chi connectivity index (χ2v) is 6.46. The van der Waals surface area contributed by atoms with E-state index in [1.807, 2.05) is 22.7 Å². The fourth-order valence-corrected chi connectivity index (χ4v) is 3.98. The number of thiazole rings is 2. The number of aryl methyl sites for hydroxylation is 4. The Labute approximate surface area is 97.0 Å². The van der Waals surface area contributed by atoms with Crippen molar-refractivity contribution in [2.45, 2.75) is 33.1 Å². The summed E-state index contributed by atoms with van der Waals surface area (Å²) in [6.07, 6.45) is 3.24. The Kier molecular flexibility index (Phi) is 2.14. The first-order chi connectivity index (χ1) is 7.22. The van der Waals surface area contributed by atoms with E-state index in [4.69, 9.17) is 0 Å². The molecule has 0 amide bonds. The number of hydrogen-bond donors (Lipinski definition) is 0. The maximum absolute atomic E-state index is 4.60. The average Bonchev–Trinajstić information content (AvgIpc) is 2.65. The van der Waals surface area contributed by atoms with Crippen LogP contribution >= 0.6 is 22.7 Å². The largest absolute Gasteiger partial charge is 0.246 e. The zero-order valence-electron chi connectivity index (χ0n) is 8.83. The molecule has 0 saturated carbocycles. The van der Waals surface area contributed by atoms with Crippen molar-refractivity contribution in [1.82, 2.24) is 9.97 Å². The molecule has 0 spiro atoms. The lowest BCUT2D eigenvalue weighted by Crippen LogP contribution is -1.91. The molecule has 0 unspecified atom stereocenters. The molecule has 0 N–H and O–H groups in total. The zero-order valence-corrected chi connectivity index (χ0v) is 10.5. The van der Waals surface area contributed by atoms with Gasteiger partial charge in [0.2, 0.25) is 0 Å². The quantitative estimate of drug-likeness (QED) is 0.703. The number of hydrogen-bond acceptors (Lipinski definition) is 4. The van der Waals surface area contributed by atoms with Crippen LogP contribution in [-0.4, -0.2) is 9.97 Å². The predicted octanol–water partition coefficient (Wildman–Crippen LogP) is 2.91. The van der Waals surface area contributed by atoms with E-state index in [1.54, 1.807) is 0 Å². The smallest absolute Gasteiger partial charge is 0.0900 e. The highest BCUT2D eigenvalue weighted by atomic mass is 32.1. The lowest BCUT2D eigenvalue weighted by Gasteiger charge is -1.93. The van der Waals surface area contributed by atoms with Gasteiger partial charge in [-0.1, -0.05) is 0 Å². The number of aromatic nitrogens is 2. The van der Waals surface area contributed by atoms with E-state index in [0.29, 0.717) is 0 Å². The van der Waals surface area contributed by atoms with Gasteiger partial charge in [-0.2, -0.15) is 0 Å². The van der Waals surface area contributed by atoms with Crippen molar-refractivity contribution in [3.63, 3.8) is 0 Å². The lowest BCUT2D eigenvalue weighted by atomic mass is 10.2. The van der Waals surface area contributed by atoms with Crippen molar-refractivity contribution >= 4 is 22.7 Å². The lowest BCUT2D eigenvalue weighted by molar-refractivity contribution is 0.999. The normalized spacial score (nSPS) is 14.5. The molecule has 0 saturated heterocycles. The SMILES string of the molecule is Cc1nc2c(s1)CCc1sc(C)nc1C2. The minimum absolute atomic E-state index is 0.944.